The van der Waals surface area contributed by atoms with Crippen molar-refractivity contribution in [2.45, 2.75) is 31.8 Å². The third-order valence-corrected chi connectivity index (χ3v) is 4.56. The van der Waals surface area contributed by atoms with E-state index in [1.807, 2.05) is 0 Å². The summed E-state index contributed by atoms with van der Waals surface area (Å²) in [6, 6.07) is 0. The van der Waals surface area contributed by atoms with E-state index in [0.717, 1.165) is 19.4 Å². The maximum Gasteiger partial charge on any atom is 0.257 e. The lowest BCUT2D eigenvalue weighted by Crippen LogP contribution is -2.60. The minimum Gasteiger partial charge on any atom is -0.361 e. The molecular weight excluding hydrogens is 296 g/mol. The molecule has 0 aliphatic carbocycles. The Hall–Kier alpha value is -2.02. The molecular formula is C16H22N4O3. The van der Waals surface area contributed by atoms with Crippen molar-refractivity contribution in [1.82, 2.24) is 19.8 Å². The minimum atomic E-state index is -0.898. The first kappa shape index (κ1) is 15.9. The highest BCUT2D eigenvalue weighted by atomic mass is 16.5. The zero-order chi connectivity index (χ0) is 16.4. The van der Waals surface area contributed by atoms with E-state index in [2.05, 4.69) is 9.97 Å². The van der Waals surface area contributed by atoms with E-state index < -0.39 is 5.60 Å². The molecule has 1 unspecified atom stereocenters. The summed E-state index contributed by atoms with van der Waals surface area (Å²) in [4.78, 5) is 36.9. The molecule has 2 fully saturated rings. The van der Waals surface area contributed by atoms with Crippen molar-refractivity contribution in [2.75, 3.05) is 33.3 Å². The Morgan fingerprint density at radius 3 is 2.74 bits per heavy atom. The van der Waals surface area contributed by atoms with Crippen LogP contribution in [-0.2, 0) is 9.53 Å². The number of aryl methyl sites for hydroxylation is 1. The Bertz CT molecular complexity index is 604. The van der Waals surface area contributed by atoms with Crippen LogP contribution in [0, 0.1) is 6.92 Å². The summed E-state index contributed by atoms with van der Waals surface area (Å²) in [6.07, 6.45) is 5.62. The molecule has 1 spiro atoms. The summed E-state index contributed by atoms with van der Waals surface area (Å²) >= 11 is 0. The largest absolute Gasteiger partial charge is 0.361 e. The minimum absolute atomic E-state index is 0.0207. The van der Waals surface area contributed by atoms with E-state index in [1.54, 1.807) is 23.8 Å². The molecule has 0 N–H and O–H groups in total. The van der Waals surface area contributed by atoms with Crippen LogP contribution in [0.5, 0.6) is 0 Å². The third-order valence-electron chi connectivity index (χ3n) is 4.56. The van der Waals surface area contributed by atoms with Crippen LogP contribution >= 0.6 is 0 Å². The van der Waals surface area contributed by atoms with Gasteiger partial charge in [-0.2, -0.15) is 0 Å². The van der Waals surface area contributed by atoms with Gasteiger partial charge in [0, 0.05) is 32.5 Å². The highest BCUT2D eigenvalue weighted by Crippen LogP contribution is 2.29. The zero-order valence-electron chi connectivity index (χ0n) is 13.6. The number of amides is 2. The monoisotopic (exact) mass is 318 g/mol. The Morgan fingerprint density at radius 1 is 1.26 bits per heavy atom. The van der Waals surface area contributed by atoms with Crippen LogP contribution in [0.2, 0.25) is 0 Å². The predicted molar refractivity (Wildman–Crippen MR) is 82.8 cm³/mol. The number of aromatic nitrogens is 2. The molecule has 2 aliphatic rings. The number of likely N-dealkylation sites (N-methyl/N-ethyl adjacent to an activating group) is 1. The second-order valence-corrected chi connectivity index (χ2v) is 6.27. The van der Waals surface area contributed by atoms with Gasteiger partial charge in [0.2, 0.25) is 0 Å². The maximum atomic E-state index is 12.7. The normalized spacial score (nSPS) is 25.6. The predicted octanol–water partition coefficient (Wildman–Crippen LogP) is 0.639. The Labute approximate surface area is 135 Å². The number of morpholine rings is 1. The first-order chi connectivity index (χ1) is 11.0. The third kappa shape index (κ3) is 3.06. The molecule has 1 atom stereocenters. The van der Waals surface area contributed by atoms with Gasteiger partial charge in [-0.15, -0.1) is 0 Å². The molecule has 0 aromatic carbocycles. The van der Waals surface area contributed by atoms with Gasteiger partial charge >= 0.3 is 0 Å². The van der Waals surface area contributed by atoms with E-state index in [4.69, 9.17) is 4.74 Å². The van der Waals surface area contributed by atoms with Gasteiger partial charge in [-0.1, -0.05) is 0 Å². The van der Waals surface area contributed by atoms with Crippen LogP contribution in [0.1, 0.15) is 35.4 Å². The van der Waals surface area contributed by atoms with Crippen LogP contribution in [0.4, 0.5) is 0 Å². The zero-order valence-corrected chi connectivity index (χ0v) is 13.6. The van der Waals surface area contributed by atoms with Crippen LogP contribution in [0.15, 0.2) is 12.4 Å². The molecule has 3 heterocycles. The first-order valence-electron chi connectivity index (χ1n) is 7.99. The van der Waals surface area contributed by atoms with Crippen LogP contribution < -0.4 is 0 Å². The molecule has 1 aromatic rings. The number of carbonyl (C=O) groups is 2. The van der Waals surface area contributed by atoms with Gasteiger partial charge in [0.15, 0.2) is 5.60 Å². The van der Waals surface area contributed by atoms with E-state index in [9.17, 15) is 9.59 Å². The molecule has 2 aliphatic heterocycles. The number of rotatable bonds is 1. The molecule has 3 rings (SSSR count). The Balaban J connectivity index is 1.81. The average molecular weight is 318 g/mol. The van der Waals surface area contributed by atoms with E-state index in [1.165, 1.54) is 12.4 Å². The fraction of sp³-hybridized carbons (Fsp3) is 0.625. The average Bonchev–Trinajstić information content (AvgIpc) is 2.69. The van der Waals surface area contributed by atoms with E-state index >= 15 is 0 Å². The van der Waals surface area contributed by atoms with Crippen molar-refractivity contribution in [2.24, 2.45) is 0 Å². The standard InChI is InChI=1S/C16H22N4O3/c1-12-17-9-13(10-18-12)14(21)20-7-8-23-16(11-20)5-3-4-6-19(2)15(16)22/h9-10H,3-8,11H2,1-2H3. The molecule has 0 radical (unpaired) electrons. The van der Waals surface area contributed by atoms with Crippen molar-refractivity contribution < 1.29 is 14.3 Å². The molecule has 23 heavy (non-hydrogen) atoms. The van der Waals surface area contributed by atoms with E-state index in [-0.39, 0.29) is 11.8 Å². The summed E-state index contributed by atoms with van der Waals surface area (Å²) < 4.78 is 5.89. The topological polar surface area (TPSA) is 75.6 Å². The smallest absolute Gasteiger partial charge is 0.257 e. The van der Waals surface area contributed by atoms with Gasteiger partial charge in [0.25, 0.3) is 11.8 Å². The summed E-state index contributed by atoms with van der Waals surface area (Å²) in [5.41, 5.74) is -0.452. The number of hydrogen-bond donors (Lipinski definition) is 0. The van der Waals surface area contributed by atoms with Gasteiger partial charge < -0.3 is 14.5 Å². The number of hydrogen-bond acceptors (Lipinski definition) is 5. The number of nitrogens with zero attached hydrogens (tertiary/aromatic N) is 4. The van der Waals surface area contributed by atoms with Gasteiger partial charge in [-0.25, -0.2) is 9.97 Å². The summed E-state index contributed by atoms with van der Waals surface area (Å²) in [5.74, 6) is 0.459. The highest BCUT2D eigenvalue weighted by molar-refractivity contribution is 5.94. The SMILES string of the molecule is Cc1ncc(C(=O)N2CCOC3(CCCCN(C)C3=O)C2)cn1. The lowest BCUT2D eigenvalue weighted by atomic mass is 9.94. The molecule has 124 valence electrons. The molecule has 1 aromatic heterocycles. The van der Waals surface area contributed by atoms with Crippen molar-refractivity contribution in [3.8, 4) is 0 Å². The Kier molecular flexibility index (Phi) is 4.30. The van der Waals surface area contributed by atoms with Crippen molar-refractivity contribution >= 4 is 11.8 Å². The quantitative estimate of drug-likeness (QED) is 0.759. The fourth-order valence-electron chi connectivity index (χ4n) is 3.24. The molecule has 2 saturated heterocycles. The summed E-state index contributed by atoms with van der Waals surface area (Å²) in [6.45, 7) is 3.66. The maximum absolute atomic E-state index is 12.7. The highest BCUT2D eigenvalue weighted by Gasteiger charge is 2.47. The molecule has 7 heteroatoms. The molecule has 2 amide bonds. The fourth-order valence-corrected chi connectivity index (χ4v) is 3.24. The van der Waals surface area contributed by atoms with Crippen LogP contribution in [0.25, 0.3) is 0 Å². The van der Waals surface area contributed by atoms with Crippen molar-refractivity contribution in [3.63, 3.8) is 0 Å². The lowest BCUT2D eigenvalue weighted by Gasteiger charge is -2.42. The number of likely N-dealkylation sites (tertiary alicyclic amines) is 1. The van der Waals surface area contributed by atoms with Crippen LogP contribution in [0.3, 0.4) is 0 Å². The number of ether oxygens (including phenoxy) is 1. The van der Waals surface area contributed by atoms with Gasteiger partial charge in [-0.05, 0) is 26.2 Å². The second-order valence-electron chi connectivity index (χ2n) is 6.27. The van der Waals surface area contributed by atoms with Gasteiger partial charge in [0.1, 0.15) is 5.82 Å². The molecule has 0 bridgehead atoms. The van der Waals surface area contributed by atoms with Crippen molar-refractivity contribution in [3.05, 3.63) is 23.8 Å². The summed E-state index contributed by atoms with van der Waals surface area (Å²) in [7, 11) is 1.80. The van der Waals surface area contributed by atoms with Gasteiger partial charge in [0.05, 0.1) is 18.7 Å². The number of carbonyl (C=O) groups excluding carboxylic acids is 2. The second kappa shape index (κ2) is 6.23. The van der Waals surface area contributed by atoms with Gasteiger partial charge in [-0.3, -0.25) is 9.59 Å². The Morgan fingerprint density at radius 2 is 2.00 bits per heavy atom. The van der Waals surface area contributed by atoms with Crippen molar-refractivity contribution in [1.29, 1.82) is 0 Å². The first-order valence-corrected chi connectivity index (χ1v) is 7.99. The van der Waals surface area contributed by atoms with Crippen LogP contribution in [-0.4, -0.2) is 70.5 Å². The van der Waals surface area contributed by atoms with E-state index in [0.29, 0.717) is 37.5 Å². The summed E-state index contributed by atoms with van der Waals surface area (Å²) in [5, 5.41) is 0. The lowest BCUT2D eigenvalue weighted by molar-refractivity contribution is -0.166. The molecule has 7 nitrogen and oxygen atoms in total. The molecule has 0 saturated carbocycles.